The molecule has 5 heteroatoms. The molecule has 15 heavy (non-hydrogen) atoms. The molecule has 0 aromatic carbocycles. The van der Waals surface area contributed by atoms with Crippen LogP contribution < -0.4 is 0 Å². The van der Waals surface area contributed by atoms with Crippen LogP contribution in [-0.4, -0.2) is 21.0 Å². The predicted molar refractivity (Wildman–Crippen MR) is 57.0 cm³/mol. The van der Waals surface area contributed by atoms with Gasteiger partial charge in [0.05, 0.1) is 0 Å². The van der Waals surface area contributed by atoms with Gasteiger partial charge in [-0.1, -0.05) is 0 Å². The van der Waals surface area contributed by atoms with Gasteiger partial charge in [0, 0.05) is 16.6 Å². The first kappa shape index (κ1) is 9.79. The van der Waals surface area contributed by atoms with Gasteiger partial charge in [0.25, 0.3) is 0 Å². The van der Waals surface area contributed by atoms with Gasteiger partial charge in [-0.05, 0) is 24.4 Å². The highest BCUT2D eigenvalue weighted by Gasteiger charge is 2.09. The highest BCUT2D eigenvalue weighted by Crippen LogP contribution is 2.18. The van der Waals surface area contributed by atoms with Crippen LogP contribution in [0.15, 0.2) is 22.9 Å². The van der Waals surface area contributed by atoms with Crippen LogP contribution in [0.4, 0.5) is 0 Å². The topological polar surface area (TPSA) is 63.1 Å². The number of carboxylic acids is 1. The second-order valence-electron chi connectivity index (χ2n) is 3.04. The first-order valence-electron chi connectivity index (χ1n) is 4.28. The Hall–Kier alpha value is -1.75. The number of carboxylic acid groups (broad SMARTS) is 1. The molecule has 0 saturated carbocycles. The monoisotopic (exact) mass is 220 g/mol. The molecule has 0 aliphatic carbocycles. The van der Waals surface area contributed by atoms with E-state index in [1.165, 1.54) is 17.4 Å². The maximum atomic E-state index is 10.8. The molecule has 0 aliphatic rings. The Morgan fingerprint density at radius 1 is 1.47 bits per heavy atom. The van der Waals surface area contributed by atoms with Gasteiger partial charge >= 0.3 is 5.97 Å². The van der Waals surface area contributed by atoms with E-state index in [-0.39, 0.29) is 5.69 Å². The molecule has 0 aliphatic heterocycles. The fraction of sp³-hybridized carbons (Fsp3) is 0.100. The van der Waals surface area contributed by atoms with Gasteiger partial charge in [0.15, 0.2) is 11.5 Å². The van der Waals surface area contributed by atoms with E-state index in [2.05, 4.69) is 9.97 Å². The molecule has 1 N–H and O–H groups in total. The Kier molecular flexibility index (Phi) is 2.47. The summed E-state index contributed by atoms with van der Waals surface area (Å²) in [5, 5.41) is 12.6. The average Bonchev–Trinajstić information content (AvgIpc) is 2.69. The van der Waals surface area contributed by atoms with Crippen molar-refractivity contribution in [1.29, 1.82) is 0 Å². The summed E-state index contributed by atoms with van der Waals surface area (Å²) in [6.45, 7) is 1.75. The molecule has 2 aromatic rings. The SMILES string of the molecule is Cc1cc(C(=O)O)nc(-c2ccsc2)n1. The zero-order valence-electron chi connectivity index (χ0n) is 7.97. The number of aryl methyl sites for hydroxylation is 1. The van der Waals surface area contributed by atoms with Crippen LogP contribution in [0, 0.1) is 6.92 Å². The lowest BCUT2D eigenvalue weighted by Gasteiger charge is -2.00. The summed E-state index contributed by atoms with van der Waals surface area (Å²) in [7, 11) is 0. The van der Waals surface area contributed by atoms with Crippen molar-refractivity contribution in [3.05, 3.63) is 34.3 Å². The van der Waals surface area contributed by atoms with Crippen LogP contribution in [0.1, 0.15) is 16.2 Å². The van der Waals surface area contributed by atoms with Gasteiger partial charge < -0.3 is 5.11 Å². The first-order valence-corrected chi connectivity index (χ1v) is 5.22. The predicted octanol–water partition coefficient (Wildman–Crippen LogP) is 2.21. The Bertz CT molecular complexity index is 494. The second kappa shape index (κ2) is 3.78. The lowest BCUT2D eigenvalue weighted by molar-refractivity contribution is 0.0690. The summed E-state index contributed by atoms with van der Waals surface area (Å²) in [6.07, 6.45) is 0. The van der Waals surface area contributed by atoms with E-state index in [0.717, 1.165) is 5.56 Å². The van der Waals surface area contributed by atoms with Gasteiger partial charge in [-0.2, -0.15) is 11.3 Å². The number of hydrogen-bond acceptors (Lipinski definition) is 4. The maximum Gasteiger partial charge on any atom is 0.354 e. The molecule has 0 saturated heterocycles. The molecule has 2 rings (SSSR count). The van der Waals surface area contributed by atoms with Crippen molar-refractivity contribution < 1.29 is 9.90 Å². The number of rotatable bonds is 2. The minimum absolute atomic E-state index is 0.0312. The molecular weight excluding hydrogens is 212 g/mol. The van der Waals surface area contributed by atoms with E-state index in [0.29, 0.717) is 11.5 Å². The molecule has 0 radical (unpaired) electrons. The van der Waals surface area contributed by atoms with Crippen molar-refractivity contribution in [3.63, 3.8) is 0 Å². The molecular formula is C10H8N2O2S. The summed E-state index contributed by atoms with van der Waals surface area (Å²) in [5.41, 5.74) is 1.54. The van der Waals surface area contributed by atoms with Gasteiger partial charge in [-0.25, -0.2) is 14.8 Å². The van der Waals surface area contributed by atoms with Crippen LogP contribution in [0.3, 0.4) is 0 Å². The van der Waals surface area contributed by atoms with E-state index in [1.54, 1.807) is 6.92 Å². The van der Waals surface area contributed by atoms with Crippen LogP contribution in [0.2, 0.25) is 0 Å². The number of carbonyl (C=O) groups is 1. The van der Waals surface area contributed by atoms with Crippen LogP contribution >= 0.6 is 11.3 Å². The van der Waals surface area contributed by atoms with Crippen LogP contribution in [0.25, 0.3) is 11.4 Å². The van der Waals surface area contributed by atoms with E-state index in [9.17, 15) is 4.79 Å². The third-order valence-electron chi connectivity index (χ3n) is 1.85. The van der Waals surface area contributed by atoms with Crippen molar-refractivity contribution in [2.75, 3.05) is 0 Å². The van der Waals surface area contributed by atoms with Crippen molar-refractivity contribution in [1.82, 2.24) is 9.97 Å². The molecule has 0 amide bonds. The van der Waals surface area contributed by atoms with E-state index in [4.69, 9.17) is 5.11 Å². The number of hydrogen-bond donors (Lipinski definition) is 1. The first-order chi connectivity index (χ1) is 7.16. The van der Waals surface area contributed by atoms with E-state index >= 15 is 0 Å². The molecule has 2 aromatic heterocycles. The second-order valence-corrected chi connectivity index (χ2v) is 3.82. The standard InChI is InChI=1S/C10H8N2O2S/c1-6-4-8(10(13)14)12-9(11-6)7-2-3-15-5-7/h2-5H,1H3,(H,13,14). The molecule has 0 fully saturated rings. The number of aromatic carboxylic acids is 1. The van der Waals surface area contributed by atoms with Gasteiger partial charge in [0.2, 0.25) is 0 Å². The van der Waals surface area contributed by atoms with Gasteiger partial charge in [-0.3, -0.25) is 0 Å². The number of aromatic nitrogens is 2. The minimum atomic E-state index is -1.03. The molecule has 2 heterocycles. The Morgan fingerprint density at radius 3 is 2.87 bits per heavy atom. The maximum absolute atomic E-state index is 10.8. The molecule has 0 bridgehead atoms. The zero-order valence-corrected chi connectivity index (χ0v) is 8.78. The Balaban J connectivity index is 2.54. The van der Waals surface area contributed by atoms with Crippen molar-refractivity contribution in [2.45, 2.75) is 6.92 Å². The molecule has 0 unspecified atom stereocenters. The van der Waals surface area contributed by atoms with Crippen LogP contribution in [0.5, 0.6) is 0 Å². The summed E-state index contributed by atoms with van der Waals surface area (Å²) in [5.74, 6) is -0.564. The lowest BCUT2D eigenvalue weighted by Crippen LogP contribution is -2.03. The Labute approximate surface area is 90.3 Å². The third kappa shape index (κ3) is 2.02. The molecule has 4 nitrogen and oxygen atoms in total. The average molecular weight is 220 g/mol. The summed E-state index contributed by atoms with van der Waals surface area (Å²) >= 11 is 1.53. The van der Waals surface area contributed by atoms with Crippen molar-refractivity contribution >= 4 is 17.3 Å². The smallest absolute Gasteiger partial charge is 0.354 e. The van der Waals surface area contributed by atoms with Crippen molar-refractivity contribution in [3.8, 4) is 11.4 Å². The highest BCUT2D eigenvalue weighted by atomic mass is 32.1. The zero-order chi connectivity index (χ0) is 10.8. The summed E-state index contributed by atoms with van der Waals surface area (Å²) in [4.78, 5) is 18.9. The largest absolute Gasteiger partial charge is 0.477 e. The van der Waals surface area contributed by atoms with Gasteiger partial charge in [0.1, 0.15) is 0 Å². The lowest BCUT2D eigenvalue weighted by atomic mass is 10.2. The Morgan fingerprint density at radius 2 is 2.27 bits per heavy atom. The number of nitrogens with zero attached hydrogens (tertiary/aromatic N) is 2. The third-order valence-corrected chi connectivity index (χ3v) is 2.54. The highest BCUT2D eigenvalue weighted by molar-refractivity contribution is 7.08. The summed E-state index contributed by atoms with van der Waals surface area (Å²) in [6, 6.07) is 3.32. The van der Waals surface area contributed by atoms with Crippen LogP contribution in [-0.2, 0) is 0 Å². The fourth-order valence-corrected chi connectivity index (χ4v) is 1.83. The molecule has 0 spiro atoms. The normalized spacial score (nSPS) is 10.2. The minimum Gasteiger partial charge on any atom is -0.477 e. The van der Waals surface area contributed by atoms with E-state index in [1.807, 2.05) is 16.8 Å². The molecule has 0 atom stereocenters. The summed E-state index contributed by atoms with van der Waals surface area (Å²) < 4.78 is 0. The van der Waals surface area contributed by atoms with E-state index < -0.39 is 5.97 Å². The molecule has 76 valence electrons. The van der Waals surface area contributed by atoms with Gasteiger partial charge in [-0.15, -0.1) is 0 Å². The van der Waals surface area contributed by atoms with Crippen molar-refractivity contribution in [2.24, 2.45) is 0 Å². The number of thiophene rings is 1. The quantitative estimate of drug-likeness (QED) is 0.842. The fourth-order valence-electron chi connectivity index (χ4n) is 1.20.